The molecule has 1 amide bonds. The third kappa shape index (κ3) is 8.99. The molecule has 0 saturated carbocycles. The lowest BCUT2D eigenvalue weighted by Crippen LogP contribution is -2.27. The second kappa shape index (κ2) is 8.50. The van der Waals surface area contributed by atoms with Crippen molar-refractivity contribution in [3.05, 3.63) is 0 Å². The van der Waals surface area contributed by atoms with Crippen molar-refractivity contribution in [2.24, 2.45) is 0 Å². The molecule has 5 nitrogen and oxygen atoms in total. The van der Waals surface area contributed by atoms with Gasteiger partial charge in [-0.3, -0.25) is 4.79 Å². The number of carbonyl (C=O) groups is 2. The average molecular weight is 205 g/mol. The fourth-order valence-electron chi connectivity index (χ4n) is 0.669. The van der Waals surface area contributed by atoms with Crippen LogP contribution in [0, 0.1) is 0 Å². The van der Waals surface area contributed by atoms with Crippen LogP contribution in [0.3, 0.4) is 0 Å². The van der Waals surface area contributed by atoms with Gasteiger partial charge in [-0.05, 0) is 20.8 Å². The molecule has 0 bridgehead atoms. The number of hydrogen-bond donors (Lipinski definition) is 2. The van der Waals surface area contributed by atoms with Gasteiger partial charge in [-0.15, -0.1) is 0 Å². The molecule has 0 fully saturated rings. The zero-order valence-corrected chi connectivity index (χ0v) is 9.15. The predicted molar refractivity (Wildman–Crippen MR) is 52.9 cm³/mol. The molecule has 0 heterocycles. The van der Waals surface area contributed by atoms with Crippen LogP contribution in [0.25, 0.3) is 0 Å². The van der Waals surface area contributed by atoms with Crippen molar-refractivity contribution in [2.75, 3.05) is 13.1 Å². The Bertz CT molecular complexity index is 176. The second-order valence-electron chi connectivity index (χ2n) is 2.71. The summed E-state index contributed by atoms with van der Waals surface area (Å²) in [6.45, 7) is 8.39. The van der Waals surface area contributed by atoms with Crippen LogP contribution in [-0.2, 0) is 9.59 Å². The third-order valence-corrected chi connectivity index (χ3v) is 1.57. The highest BCUT2D eigenvalue weighted by atomic mass is 16.4. The number of amides is 1. The molecule has 0 rings (SSSR count). The summed E-state index contributed by atoms with van der Waals surface area (Å²) in [5.41, 5.74) is 0. The minimum absolute atomic E-state index is 0.162. The molecule has 0 aliphatic rings. The topological polar surface area (TPSA) is 77.8 Å². The van der Waals surface area contributed by atoms with Gasteiger partial charge in [0.25, 0.3) is 0 Å². The van der Waals surface area contributed by atoms with E-state index >= 15 is 0 Å². The number of carboxylic acid groups (broad SMARTS) is 1. The summed E-state index contributed by atoms with van der Waals surface area (Å²) in [6.07, 6.45) is -1.23. The molecule has 0 aromatic carbocycles. The second-order valence-corrected chi connectivity index (χ2v) is 2.71. The number of hydrogen-bond acceptors (Lipinski definition) is 3. The fourth-order valence-corrected chi connectivity index (χ4v) is 0.669. The first kappa shape index (κ1) is 15.4. The molecule has 0 aromatic heterocycles. The number of rotatable bonds is 3. The summed E-state index contributed by atoms with van der Waals surface area (Å²) in [5, 5.41) is 15.8. The number of carboxylic acids is 1. The standard InChI is InChI=1S/C6H13NO.C3H6O3/c1-4-7(5-2)6(3)8;1-2(4)3(5)6/h4-5H2,1-3H3;2,4H,1H3,(H,5,6). The Kier molecular flexibility index (Phi) is 9.33. The van der Waals surface area contributed by atoms with Gasteiger partial charge in [-0.25, -0.2) is 4.79 Å². The molecular weight excluding hydrogens is 186 g/mol. The van der Waals surface area contributed by atoms with Gasteiger partial charge < -0.3 is 15.1 Å². The Morgan fingerprint density at radius 2 is 1.57 bits per heavy atom. The van der Waals surface area contributed by atoms with Crippen molar-refractivity contribution in [3.8, 4) is 0 Å². The Labute approximate surface area is 84.3 Å². The van der Waals surface area contributed by atoms with E-state index in [-0.39, 0.29) is 5.91 Å². The van der Waals surface area contributed by atoms with E-state index in [1.807, 2.05) is 13.8 Å². The Morgan fingerprint density at radius 1 is 1.29 bits per heavy atom. The average Bonchev–Trinajstić information content (AvgIpc) is 2.06. The van der Waals surface area contributed by atoms with E-state index in [1.54, 1.807) is 11.8 Å². The largest absolute Gasteiger partial charge is 0.479 e. The highest BCUT2D eigenvalue weighted by Crippen LogP contribution is 1.84. The zero-order valence-electron chi connectivity index (χ0n) is 9.15. The summed E-state index contributed by atoms with van der Waals surface area (Å²) < 4.78 is 0. The van der Waals surface area contributed by atoms with Gasteiger partial charge in [0.15, 0.2) is 0 Å². The van der Waals surface area contributed by atoms with Crippen molar-refractivity contribution in [3.63, 3.8) is 0 Å². The van der Waals surface area contributed by atoms with Crippen molar-refractivity contribution in [1.82, 2.24) is 4.90 Å². The normalized spacial score (nSPS) is 10.9. The van der Waals surface area contributed by atoms with Crippen LogP contribution in [0.4, 0.5) is 0 Å². The highest BCUT2D eigenvalue weighted by molar-refractivity contribution is 5.73. The molecular formula is C9H19NO4. The zero-order chi connectivity index (χ0) is 11.7. The molecule has 0 saturated heterocycles. The molecule has 1 atom stereocenters. The fraction of sp³-hybridized carbons (Fsp3) is 0.778. The van der Waals surface area contributed by atoms with Crippen LogP contribution in [-0.4, -0.2) is 46.2 Å². The Balaban J connectivity index is 0. The SMILES string of the molecule is CC(O)C(=O)O.CCN(CC)C(C)=O. The van der Waals surface area contributed by atoms with Crippen LogP contribution in [0.1, 0.15) is 27.7 Å². The molecule has 0 spiro atoms. The maximum atomic E-state index is 10.5. The molecule has 2 N–H and O–H groups in total. The lowest BCUT2D eigenvalue weighted by Gasteiger charge is -2.14. The Morgan fingerprint density at radius 3 is 1.57 bits per heavy atom. The first-order chi connectivity index (χ1) is 6.36. The lowest BCUT2D eigenvalue weighted by molar-refractivity contribution is -0.145. The number of aliphatic carboxylic acids is 1. The Hall–Kier alpha value is -1.10. The van der Waals surface area contributed by atoms with Gasteiger partial charge in [0.2, 0.25) is 5.91 Å². The van der Waals surface area contributed by atoms with Crippen molar-refractivity contribution >= 4 is 11.9 Å². The third-order valence-electron chi connectivity index (χ3n) is 1.57. The number of aliphatic hydroxyl groups is 1. The van der Waals surface area contributed by atoms with Gasteiger partial charge in [0.1, 0.15) is 6.10 Å². The molecule has 0 aromatic rings. The van der Waals surface area contributed by atoms with Crippen molar-refractivity contribution < 1.29 is 19.8 Å². The quantitative estimate of drug-likeness (QED) is 0.695. The summed E-state index contributed by atoms with van der Waals surface area (Å²) in [7, 11) is 0. The molecule has 1 unspecified atom stereocenters. The maximum Gasteiger partial charge on any atom is 0.332 e. The van der Waals surface area contributed by atoms with E-state index in [4.69, 9.17) is 10.2 Å². The highest BCUT2D eigenvalue weighted by Gasteiger charge is 2.01. The van der Waals surface area contributed by atoms with Gasteiger partial charge in [0.05, 0.1) is 0 Å². The first-order valence-electron chi connectivity index (χ1n) is 4.53. The van der Waals surface area contributed by atoms with Crippen molar-refractivity contribution in [1.29, 1.82) is 0 Å². The van der Waals surface area contributed by atoms with Gasteiger partial charge in [-0.1, -0.05) is 0 Å². The molecule has 14 heavy (non-hydrogen) atoms. The van der Waals surface area contributed by atoms with E-state index < -0.39 is 12.1 Å². The van der Waals surface area contributed by atoms with Crippen molar-refractivity contribution in [2.45, 2.75) is 33.8 Å². The van der Waals surface area contributed by atoms with E-state index in [2.05, 4.69) is 0 Å². The van der Waals surface area contributed by atoms with Crippen LogP contribution < -0.4 is 0 Å². The number of nitrogens with zero attached hydrogens (tertiary/aromatic N) is 1. The number of aliphatic hydroxyl groups excluding tert-OH is 1. The molecule has 0 aliphatic carbocycles. The molecule has 0 radical (unpaired) electrons. The first-order valence-corrected chi connectivity index (χ1v) is 4.53. The summed E-state index contributed by atoms with van der Waals surface area (Å²) in [6, 6.07) is 0. The monoisotopic (exact) mass is 205 g/mol. The van der Waals surface area contributed by atoms with E-state index in [0.717, 1.165) is 13.1 Å². The molecule has 0 aliphatic heterocycles. The lowest BCUT2D eigenvalue weighted by atomic mass is 10.4. The molecule has 5 heteroatoms. The van der Waals surface area contributed by atoms with E-state index in [9.17, 15) is 9.59 Å². The van der Waals surface area contributed by atoms with Gasteiger partial charge in [-0.2, -0.15) is 0 Å². The van der Waals surface area contributed by atoms with Crippen LogP contribution in [0.5, 0.6) is 0 Å². The summed E-state index contributed by atoms with van der Waals surface area (Å²) in [4.78, 5) is 21.8. The summed E-state index contributed by atoms with van der Waals surface area (Å²) in [5.74, 6) is -1.02. The van der Waals surface area contributed by atoms with Gasteiger partial charge in [0, 0.05) is 20.0 Å². The van der Waals surface area contributed by atoms with Crippen LogP contribution in [0.15, 0.2) is 0 Å². The van der Waals surface area contributed by atoms with Gasteiger partial charge >= 0.3 is 5.97 Å². The van der Waals surface area contributed by atoms with E-state index in [1.165, 1.54) is 6.92 Å². The maximum absolute atomic E-state index is 10.5. The summed E-state index contributed by atoms with van der Waals surface area (Å²) >= 11 is 0. The number of carbonyl (C=O) groups excluding carboxylic acids is 1. The molecule has 84 valence electrons. The van der Waals surface area contributed by atoms with E-state index in [0.29, 0.717) is 0 Å². The smallest absolute Gasteiger partial charge is 0.332 e. The predicted octanol–water partition coefficient (Wildman–Crippen LogP) is 0.327. The van der Waals surface area contributed by atoms with Crippen LogP contribution >= 0.6 is 0 Å². The van der Waals surface area contributed by atoms with Crippen LogP contribution in [0.2, 0.25) is 0 Å². The minimum Gasteiger partial charge on any atom is -0.479 e. The minimum atomic E-state index is -1.23.